The second-order valence-corrected chi connectivity index (χ2v) is 6.20. The van der Waals surface area contributed by atoms with E-state index in [2.05, 4.69) is 25.5 Å². The van der Waals surface area contributed by atoms with Gasteiger partial charge in [-0.25, -0.2) is 18.2 Å². The van der Waals surface area contributed by atoms with E-state index in [1.54, 1.807) is 0 Å². The summed E-state index contributed by atoms with van der Waals surface area (Å²) in [6, 6.07) is 3.48. The molecular formula is C18H20F3N5O2. The fourth-order valence-corrected chi connectivity index (χ4v) is 2.73. The Hall–Kier alpha value is -2.88. The third-order valence-electron chi connectivity index (χ3n) is 4.15. The number of aryl methyl sites for hydroxylation is 1. The van der Waals surface area contributed by atoms with E-state index in [0.29, 0.717) is 25.2 Å². The standard InChI is InChI=1S/C18H20F3N5O2/c1-11-10-14(26-6-8-28-9-7-26)25-18(24-11)23-5-4-22-17(27)12-2-3-13(19)16(21)15(12)20/h2-3,10H,4-9H2,1H3,(H,22,27)(H,23,24,25). The van der Waals surface area contributed by atoms with Crippen LogP contribution in [0.25, 0.3) is 0 Å². The highest BCUT2D eigenvalue weighted by molar-refractivity contribution is 5.94. The minimum Gasteiger partial charge on any atom is -0.378 e. The van der Waals surface area contributed by atoms with Gasteiger partial charge in [-0.15, -0.1) is 0 Å². The molecule has 0 bridgehead atoms. The van der Waals surface area contributed by atoms with Crippen LogP contribution in [0.5, 0.6) is 0 Å². The van der Waals surface area contributed by atoms with E-state index in [4.69, 9.17) is 4.74 Å². The maximum atomic E-state index is 13.6. The van der Waals surface area contributed by atoms with Crippen LogP contribution < -0.4 is 15.5 Å². The van der Waals surface area contributed by atoms with E-state index in [0.717, 1.165) is 30.7 Å². The quantitative estimate of drug-likeness (QED) is 0.574. The second kappa shape index (κ2) is 8.87. The van der Waals surface area contributed by atoms with Crippen molar-refractivity contribution in [2.24, 2.45) is 0 Å². The fourth-order valence-electron chi connectivity index (χ4n) is 2.73. The minimum atomic E-state index is -1.67. The first kappa shape index (κ1) is 19.9. The number of aromatic nitrogens is 2. The summed E-state index contributed by atoms with van der Waals surface area (Å²) in [5, 5.41) is 5.42. The first-order valence-electron chi connectivity index (χ1n) is 8.79. The Morgan fingerprint density at radius 2 is 1.89 bits per heavy atom. The molecule has 0 atom stereocenters. The summed E-state index contributed by atoms with van der Waals surface area (Å²) < 4.78 is 45.1. The topological polar surface area (TPSA) is 79.4 Å². The Morgan fingerprint density at radius 3 is 2.64 bits per heavy atom. The van der Waals surface area contributed by atoms with Crippen LogP contribution in [0, 0.1) is 24.4 Å². The van der Waals surface area contributed by atoms with Crippen LogP contribution in [0.1, 0.15) is 16.1 Å². The van der Waals surface area contributed by atoms with Crippen LogP contribution in [-0.2, 0) is 4.74 Å². The smallest absolute Gasteiger partial charge is 0.254 e. The number of carbonyl (C=O) groups excluding carboxylic acids is 1. The molecule has 1 aliphatic rings. The molecule has 10 heteroatoms. The van der Waals surface area contributed by atoms with E-state index in [1.165, 1.54) is 0 Å². The Morgan fingerprint density at radius 1 is 1.14 bits per heavy atom. The molecule has 0 saturated carbocycles. The van der Waals surface area contributed by atoms with Gasteiger partial charge in [0, 0.05) is 37.9 Å². The number of hydrogen-bond acceptors (Lipinski definition) is 6. The third-order valence-corrected chi connectivity index (χ3v) is 4.15. The molecule has 1 fully saturated rings. The number of halogens is 3. The van der Waals surface area contributed by atoms with Crippen molar-refractivity contribution < 1.29 is 22.7 Å². The molecule has 1 aromatic carbocycles. The molecule has 0 aliphatic carbocycles. The summed E-state index contributed by atoms with van der Waals surface area (Å²) in [7, 11) is 0. The van der Waals surface area contributed by atoms with Crippen molar-refractivity contribution in [2.75, 3.05) is 49.6 Å². The number of amides is 1. The van der Waals surface area contributed by atoms with Gasteiger partial charge in [-0.2, -0.15) is 4.98 Å². The van der Waals surface area contributed by atoms with Crippen molar-refractivity contribution in [3.05, 3.63) is 46.9 Å². The maximum absolute atomic E-state index is 13.6. The van der Waals surface area contributed by atoms with Crippen LogP contribution in [0.15, 0.2) is 18.2 Å². The molecule has 1 aromatic heterocycles. The van der Waals surface area contributed by atoms with E-state index in [1.807, 2.05) is 13.0 Å². The molecule has 28 heavy (non-hydrogen) atoms. The number of hydrogen-bond donors (Lipinski definition) is 2. The van der Waals surface area contributed by atoms with Gasteiger partial charge in [0.1, 0.15) is 5.82 Å². The largest absolute Gasteiger partial charge is 0.378 e. The zero-order valence-electron chi connectivity index (χ0n) is 15.3. The molecule has 0 radical (unpaired) electrons. The van der Waals surface area contributed by atoms with Crippen LogP contribution in [0.3, 0.4) is 0 Å². The van der Waals surface area contributed by atoms with Crippen molar-refractivity contribution in [3.63, 3.8) is 0 Å². The third kappa shape index (κ3) is 4.69. The highest BCUT2D eigenvalue weighted by atomic mass is 19.2. The van der Waals surface area contributed by atoms with Gasteiger partial charge in [0.05, 0.1) is 18.8 Å². The second-order valence-electron chi connectivity index (χ2n) is 6.20. The monoisotopic (exact) mass is 395 g/mol. The molecule has 2 aromatic rings. The Bertz CT molecular complexity index is 859. The van der Waals surface area contributed by atoms with Gasteiger partial charge in [-0.3, -0.25) is 4.79 Å². The summed E-state index contributed by atoms with van der Waals surface area (Å²) in [6.07, 6.45) is 0. The van der Waals surface area contributed by atoms with Gasteiger partial charge in [0.15, 0.2) is 17.5 Å². The molecule has 1 saturated heterocycles. The van der Waals surface area contributed by atoms with Crippen LogP contribution in [-0.4, -0.2) is 55.3 Å². The number of benzene rings is 1. The molecule has 2 heterocycles. The number of morpholine rings is 1. The Kier molecular flexibility index (Phi) is 6.30. The molecule has 0 spiro atoms. The lowest BCUT2D eigenvalue weighted by molar-refractivity contribution is 0.0950. The Labute approximate surface area is 159 Å². The van der Waals surface area contributed by atoms with E-state index in [9.17, 15) is 18.0 Å². The average molecular weight is 395 g/mol. The van der Waals surface area contributed by atoms with Gasteiger partial charge in [0.25, 0.3) is 5.91 Å². The molecule has 7 nitrogen and oxygen atoms in total. The first-order valence-corrected chi connectivity index (χ1v) is 8.79. The number of rotatable bonds is 6. The van der Waals surface area contributed by atoms with Crippen molar-refractivity contribution in [1.82, 2.24) is 15.3 Å². The van der Waals surface area contributed by atoms with E-state index < -0.39 is 28.9 Å². The van der Waals surface area contributed by atoms with Gasteiger partial charge < -0.3 is 20.3 Å². The number of ether oxygens (including phenoxy) is 1. The zero-order chi connectivity index (χ0) is 20.1. The molecule has 0 unspecified atom stereocenters. The Balaban J connectivity index is 1.54. The van der Waals surface area contributed by atoms with Gasteiger partial charge in [-0.05, 0) is 19.1 Å². The average Bonchev–Trinajstić information content (AvgIpc) is 2.69. The number of nitrogens with zero attached hydrogens (tertiary/aromatic N) is 3. The molecular weight excluding hydrogens is 375 g/mol. The minimum absolute atomic E-state index is 0.113. The summed E-state index contributed by atoms with van der Waals surface area (Å²) >= 11 is 0. The van der Waals surface area contributed by atoms with Crippen molar-refractivity contribution in [1.29, 1.82) is 0 Å². The summed E-state index contributed by atoms with van der Waals surface area (Å²) in [5.74, 6) is -4.18. The molecule has 3 rings (SSSR count). The molecule has 1 aliphatic heterocycles. The SMILES string of the molecule is Cc1cc(N2CCOCC2)nc(NCCNC(=O)c2ccc(F)c(F)c2F)n1. The summed E-state index contributed by atoms with van der Waals surface area (Å²) in [6.45, 7) is 4.99. The maximum Gasteiger partial charge on any atom is 0.254 e. The number of carbonyl (C=O) groups is 1. The van der Waals surface area contributed by atoms with E-state index in [-0.39, 0.29) is 13.1 Å². The zero-order valence-corrected chi connectivity index (χ0v) is 15.3. The highest BCUT2D eigenvalue weighted by Crippen LogP contribution is 2.16. The fraction of sp³-hybridized carbons (Fsp3) is 0.389. The molecule has 150 valence electrons. The van der Waals surface area contributed by atoms with Gasteiger partial charge in [0.2, 0.25) is 5.95 Å². The van der Waals surface area contributed by atoms with Gasteiger partial charge in [-0.1, -0.05) is 0 Å². The predicted octanol–water partition coefficient (Wildman–Crippen LogP) is 1.88. The molecule has 2 N–H and O–H groups in total. The lowest BCUT2D eigenvalue weighted by Gasteiger charge is -2.28. The summed E-state index contributed by atoms with van der Waals surface area (Å²) in [5.41, 5.74) is 0.229. The lowest BCUT2D eigenvalue weighted by Crippen LogP contribution is -2.37. The number of nitrogens with one attached hydrogen (secondary N) is 2. The van der Waals surface area contributed by atoms with Crippen molar-refractivity contribution >= 4 is 17.7 Å². The van der Waals surface area contributed by atoms with Crippen molar-refractivity contribution in [2.45, 2.75) is 6.92 Å². The predicted molar refractivity (Wildman–Crippen MR) is 96.9 cm³/mol. The normalized spacial score (nSPS) is 14.1. The van der Waals surface area contributed by atoms with Crippen LogP contribution >= 0.6 is 0 Å². The highest BCUT2D eigenvalue weighted by Gasteiger charge is 2.18. The van der Waals surface area contributed by atoms with Crippen LogP contribution in [0.2, 0.25) is 0 Å². The van der Waals surface area contributed by atoms with Crippen LogP contribution in [0.4, 0.5) is 24.9 Å². The number of anilines is 2. The van der Waals surface area contributed by atoms with Crippen molar-refractivity contribution in [3.8, 4) is 0 Å². The summed E-state index contributed by atoms with van der Waals surface area (Å²) in [4.78, 5) is 22.8. The van der Waals surface area contributed by atoms with Gasteiger partial charge >= 0.3 is 0 Å². The molecule has 1 amide bonds. The lowest BCUT2D eigenvalue weighted by atomic mass is 10.2. The van der Waals surface area contributed by atoms with E-state index >= 15 is 0 Å². The first-order chi connectivity index (χ1) is 13.5.